The lowest BCUT2D eigenvalue weighted by atomic mass is 9.93. The predicted octanol–water partition coefficient (Wildman–Crippen LogP) is 5.59. The van der Waals surface area contributed by atoms with Crippen molar-refractivity contribution in [1.29, 1.82) is 0 Å². The second kappa shape index (κ2) is 11.8. The summed E-state index contributed by atoms with van der Waals surface area (Å²) in [5, 5.41) is 0. The van der Waals surface area contributed by atoms with Crippen LogP contribution in [0.5, 0.6) is 0 Å². The summed E-state index contributed by atoms with van der Waals surface area (Å²) in [6, 6.07) is 8.80. The van der Waals surface area contributed by atoms with Crippen molar-refractivity contribution in [2.75, 3.05) is 39.3 Å². The van der Waals surface area contributed by atoms with Crippen LogP contribution < -0.4 is 0 Å². The molecule has 0 bridgehead atoms. The highest BCUT2D eigenvalue weighted by Gasteiger charge is 2.23. The predicted molar refractivity (Wildman–Crippen MR) is 117 cm³/mol. The summed E-state index contributed by atoms with van der Waals surface area (Å²) in [7, 11) is 0. The van der Waals surface area contributed by atoms with Gasteiger partial charge in [-0.15, -0.1) is 24.8 Å². The SMILES string of the molecule is CC(CN1CCC(CN2CCCCC2)CC1)c1cccc(Br)c1.Cl.Cl. The zero-order valence-corrected chi connectivity index (χ0v) is 18.6. The molecule has 1 unspecified atom stereocenters. The third kappa shape index (κ3) is 7.38. The summed E-state index contributed by atoms with van der Waals surface area (Å²) in [6.45, 7) is 10.2. The van der Waals surface area contributed by atoms with Gasteiger partial charge in [-0.1, -0.05) is 41.4 Å². The van der Waals surface area contributed by atoms with Gasteiger partial charge in [0.2, 0.25) is 0 Å². The Labute approximate surface area is 174 Å². The maximum absolute atomic E-state index is 3.59. The van der Waals surface area contributed by atoms with E-state index < -0.39 is 0 Å². The molecule has 2 nitrogen and oxygen atoms in total. The number of rotatable bonds is 5. The van der Waals surface area contributed by atoms with Gasteiger partial charge < -0.3 is 9.80 Å². The minimum Gasteiger partial charge on any atom is -0.303 e. The molecule has 1 atom stereocenters. The van der Waals surface area contributed by atoms with Crippen LogP contribution in [0.3, 0.4) is 0 Å². The first-order valence-electron chi connectivity index (χ1n) is 9.41. The van der Waals surface area contributed by atoms with Crippen LogP contribution in [0.2, 0.25) is 0 Å². The number of benzene rings is 1. The van der Waals surface area contributed by atoms with Gasteiger partial charge in [0.05, 0.1) is 0 Å². The van der Waals surface area contributed by atoms with Crippen LogP contribution in [0, 0.1) is 5.92 Å². The molecule has 1 aromatic rings. The van der Waals surface area contributed by atoms with E-state index in [0.717, 1.165) is 5.92 Å². The lowest BCUT2D eigenvalue weighted by Crippen LogP contribution is -2.41. The molecule has 144 valence electrons. The topological polar surface area (TPSA) is 6.48 Å². The first-order chi connectivity index (χ1) is 11.2. The van der Waals surface area contributed by atoms with E-state index in [9.17, 15) is 0 Å². The molecule has 2 saturated heterocycles. The monoisotopic (exact) mass is 450 g/mol. The maximum Gasteiger partial charge on any atom is 0.0178 e. The fourth-order valence-electron chi connectivity index (χ4n) is 4.16. The van der Waals surface area contributed by atoms with Gasteiger partial charge in [-0.25, -0.2) is 0 Å². The minimum atomic E-state index is 0. The highest BCUT2D eigenvalue weighted by atomic mass is 79.9. The Kier molecular flexibility index (Phi) is 11.0. The van der Waals surface area contributed by atoms with E-state index in [0.29, 0.717) is 5.92 Å². The van der Waals surface area contributed by atoms with Crippen molar-refractivity contribution in [3.63, 3.8) is 0 Å². The highest BCUT2D eigenvalue weighted by molar-refractivity contribution is 9.10. The quantitative estimate of drug-likeness (QED) is 0.575. The molecule has 0 amide bonds. The number of piperidine rings is 2. The van der Waals surface area contributed by atoms with E-state index in [2.05, 4.69) is 56.9 Å². The minimum absolute atomic E-state index is 0. The Morgan fingerprint density at radius 1 is 1.00 bits per heavy atom. The first-order valence-corrected chi connectivity index (χ1v) is 10.2. The Morgan fingerprint density at radius 2 is 1.68 bits per heavy atom. The van der Waals surface area contributed by atoms with Crippen molar-refractivity contribution in [2.24, 2.45) is 5.92 Å². The normalized spacial score (nSPS) is 21.2. The third-order valence-electron chi connectivity index (χ3n) is 5.62. The molecule has 5 heteroatoms. The molecule has 0 radical (unpaired) electrons. The summed E-state index contributed by atoms with van der Waals surface area (Å²) in [4.78, 5) is 5.40. The van der Waals surface area contributed by atoms with E-state index in [1.165, 1.54) is 81.4 Å². The lowest BCUT2D eigenvalue weighted by Gasteiger charge is -2.37. The Hall–Kier alpha value is 0.200. The molecule has 0 aliphatic carbocycles. The molecular weight excluding hydrogens is 419 g/mol. The number of nitrogens with zero attached hydrogens (tertiary/aromatic N) is 2. The van der Waals surface area contributed by atoms with Gasteiger partial charge >= 0.3 is 0 Å². The summed E-state index contributed by atoms with van der Waals surface area (Å²) in [5.74, 6) is 1.55. The highest BCUT2D eigenvalue weighted by Crippen LogP contribution is 2.24. The smallest absolute Gasteiger partial charge is 0.0178 e. The number of hydrogen-bond donors (Lipinski definition) is 0. The van der Waals surface area contributed by atoms with Crippen LogP contribution in [0.15, 0.2) is 28.7 Å². The van der Waals surface area contributed by atoms with Gasteiger partial charge in [-0.2, -0.15) is 0 Å². The lowest BCUT2D eigenvalue weighted by molar-refractivity contribution is 0.129. The second-order valence-corrected chi connectivity index (χ2v) is 8.48. The van der Waals surface area contributed by atoms with Crippen molar-refractivity contribution >= 4 is 40.7 Å². The second-order valence-electron chi connectivity index (χ2n) is 7.56. The summed E-state index contributed by atoms with van der Waals surface area (Å²) >= 11 is 3.59. The van der Waals surface area contributed by atoms with Gasteiger partial charge in [0.1, 0.15) is 0 Å². The zero-order valence-electron chi connectivity index (χ0n) is 15.3. The Balaban J connectivity index is 0.00000156. The molecule has 2 aliphatic heterocycles. The van der Waals surface area contributed by atoms with Crippen molar-refractivity contribution in [3.05, 3.63) is 34.3 Å². The standard InChI is InChI=1S/C20H31BrN2.2ClH/c1-17(19-6-5-7-20(21)14-19)15-23-12-8-18(9-13-23)16-22-10-3-2-4-11-22;;/h5-7,14,17-18H,2-4,8-13,15-16H2,1H3;2*1H. The maximum atomic E-state index is 3.59. The fraction of sp³-hybridized carbons (Fsp3) is 0.700. The van der Waals surface area contributed by atoms with E-state index in [1.54, 1.807) is 0 Å². The van der Waals surface area contributed by atoms with Gasteiger partial charge in [-0.05, 0) is 81.4 Å². The van der Waals surface area contributed by atoms with E-state index >= 15 is 0 Å². The zero-order chi connectivity index (χ0) is 16.1. The van der Waals surface area contributed by atoms with E-state index in [-0.39, 0.29) is 24.8 Å². The molecule has 0 aromatic heterocycles. The molecule has 0 saturated carbocycles. The van der Waals surface area contributed by atoms with Gasteiger partial charge in [0, 0.05) is 17.6 Å². The van der Waals surface area contributed by atoms with Crippen LogP contribution in [0.4, 0.5) is 0 Å². The van der Waals surface area contributed by atoms with Crippen molar-refractivity contribution in [1.82, 2.24) is 9.80 Å². The first kappa shape index (κ1) is 23.2. The number of hydrogen-bond acceptors (Lipinski definition) is 2. The van der Waals surface area contributed by atoms with E-state index in [4.69, 9.17) is 0 Å². The van der Waals surface area contributed by atoms with Crippen LogP contribution in [0.1, 0.15) is 50.5 Å². The summed E-state index contributed by atoms with van der Waals surface area (Å²) < 4.78 is 1.20. The molecule has 2 heterocycles. The largest absolute Gasteiger partial charge is 0.303 e. The third-order valence-corrected chi connectivity index (χ3v) is 6.12. The Morgan fingerprint density at radius 3 is 2.32 bits per heavy atom. The van der Waals surface area contributed by atoms with Gasteiger partial charge in [-0.3, -0.25) is 0 Å². The molecule has 2 fully saturated rings. The van der Waals surface area contributed by atoms with Crippen LogP contribution in [-0.2, 0) is 0 Å². The summed E-state index contributed by atoms with van der Waals surface area (Å²) in [6.07, 6.45) is 7.07. The molecule has 25 heavy (non-hydrogen) atoms. The molecule has 2 aliphatic rings. The molecular formula is C20H33BrCl2N2. The Bertz CT molecular complexity index is 486. The van der Waals surface area contributed by atoms with Crippen LogP contribution in [-0.4, -0.2) is 49.1 Å². The average molecular weight is 452 g/mol. The molecule has 3 rings (SSSR count). The van der Waals surface area contributed by atoms with Gasteiger partial charge in [0.15, 0.2) is 0 Å². The number of likely N-dealkylation sites (tertiary alicyclic amines) is 2. The number of halogens is 3. The van der Waals surface area contributed by atoms with Crippen LogP contribution in [0.25, 0.3) is 0 Å². The summed E-state index contributed by atoms with van der Waals surface area (Å²) in [5.41, 5.74) is 1.45. The molecule has 1 aromatic carbocycles. The van der Waals surface area contributed by atoms with Gasteiger partial charge in [0.25, 0.3) is 0 Å². The van der Waals surface area contributed by atoms with Crippen molar-refractivity contribution in [3.8, 4) is 0 Å². The molecule has 0 spiro atoms. The van der Waals surface area contributed by atoms with Crippen molar-refractivity contribution in [2.45, 2.75) is 44.9 Å². The van der Waals surface area contributed by atoms with E-state index in [1.807, 2.05) is 0 Å². The van der Waals surface area contributed by atoms with Crippen molar-refractivity contribution < 1.29 is 0 Å². The molecule has 0 N–H and O–H groups in total. The average Bonchev–Trinajstić information content (AvgIpc) is 2.57. The fourth-order valence-corrected chi connectivity index (χ4v) is 4.58. The van der Waals surface area contributed by atoms with Crippen LogP contribution >= 0.6 is 40.7 Å².